The zero-order valence-electron chi connectivity index (χ0n) is 9.99. The maximum absolute atomic E-state index is 13.4. The number of aliphatic imine (C=N–C) groups is 1. The van der Waals surface area contributed by atoms with Crippen molar-refractivity contribution in [2.75, 3.05) is 6.26 Å². The molecule has 0 aliphatic heterocycles. The van der Waals surface area contributed by atoms with Crippen molar-refractivity contribution in [3.8, 4) is 6.19 Å². The van der Waals surface area contributed by atoms with Gasteiger partial charge in [-0.3, -0.25) is 10.3 Å². The molecule has 0 heterocycles. The first kappa shape index (κ1) is 13.5. The number of benzene rings is 1. The molecule has 0 fully saturated rings. The molecule has 17 heavy (non-hydrogen) atoms. The van der Waals surface area contributed by atoms with Gasteiger partial charge >= 0.3 is 0 Å². The smallest absolute Gasteiger partial charge is 0.183 e. The molecule has 0 spiro atoms. The number of amidine groups is 1. The molecular formula is C12H14FN3S. The quantitative estimate of drug-likeness (QED) is 0.380. The van der Waals surface area contributed by atoms with Gasteiger partial charge in [0.15, 0.2) is 11.4 Å². The summed E-state index contributed by atoms with van der Waals surface area (Å²) in [4.78, 5) is 4.31. The van der Waals surface area contributed by atoms with Crippen LogP contribution in [0.2, 0.25) is 0 Å². The van der Waals surface area contributed by atoms with Gasteiger partial charge in [0.2, 0.25) is 0 Å². The van der Waals surface area contributed by atoms with Gasteiger partial charge in [0.1, 0.15) is 5.82 Å². The van der Waals surface area contributed by atoms with E-state index >= 15 is 0 Å². The van der Waals surface area contributed by atoms with Crippen LogP contribution in [0, 0.1) is 24.2 Å². The van der Waals surface area contributed by atoms with E-state index in [4.69, 9.17) is 5.26 Å². The molecule has 1 aromatic carbocycles. The van der Waals surface area contributed by atoms with E-state index in [0.29, 0.717) is 10.7 Å². The van der Waals surface area contributed by atoms with Gasteiger partial charge < -0.3 is 0 Å². The number of halogens is 1. The summed E-state index contributed by atoms with van der Waals surface area (Å²) < 4.78 is 13.4. The fourth-order valence-electron chi connectivity index (χ4n) is 1.30. The minimum atomic E-state index is -0.233. The van der Waals surface area contributed by atoms with Crippen LogP contribution in [0.5, 0.6) is 0 Å². The van der Waals surface area contributed by atoms with Gasteiger partial charge in [0, 0.05) is 0 Å². The Kier molecular flexibility index (Phi) is 4.98. The van der Waals surface area contributed by atoms with Crippen LogP contribution in [0.25, 0.3) is 0 Å². The van der Waals surface area contributed by atoms with Crippen LogP contribution in [0.4, 0.5) is 4.39 Å². The lowest BCUT2D eigenvalue weighted by atomic mass is 10.1. The Morgan fingerprint density at radius 2 is 2.29 bits per heavy atom. The molecule has 0 radical (unpaired) electrons. The fourth-order valence-corrected chi connectivity index (χ4v) is 1.71. The van der Waals surface area contributed by atoms with Crippen molar-refractivity contribution in [1.82, 2.24) is 5.32 Å². The summed E-state index contributed by atoms with van der Waals surface area (Å²) in [5.74, 6) is -0.233. The lowest BCUT2D eigenvalue weighted by Gasteiger charge is -2.09. The lowest BCUT2D eigenvalue weighted by molar-refractivity contribution is 0.613. The molecule has 0 saturated heterocycles. The van der Waals surface area contributed by atoms with Crippen LogP contribution < -0.4 is 5.32 Å². The summed E-state index contributed by atoms with van der Waals surface area (Å²) in [6, 6.07) is 4.87. The Labute approximate surface area is 105 Å². The maximum Gasteiger partial charge on any atom is 0.183 e. The predicted molar refractivity (Wildman–Crippen MR) is 69.3 cm³/mol. The van der Waals surface area contributed by atoms with E-state index in [9.17, 15) is 4.39 Å². The molecule has 0 amide bonds. The molecule has 90 valence electrons. The monoisotopic (exact) mass is 251 g/mol. The molecular weight excluding hydrogens is 237 g/mol. The van der Waals surface area contributed by atoms with E-state index < -0.39 is 0 Å². The van der Waals surface area contributed by atoms with Crippen molar-refractivity contribution in [2.45, 2.75) is 19.9 Å². The average Bonchev–Trinajstić information content (AvgIpc) is 2.31. The number of nitriles is 1. The van der Waals surface area contributed by atoms with Gasteiger partial charge in [-0.1, -0.05) is 23.9 Å². The summed E-state index contributed by atoms with van der Waals surface area (Å²) in [6.45, 7) is 3.58. The zero-order chi connectivity index (χ0) is 12.8. The Balaban J connectivity index is 2.92. The van der Waals surface area contributed by atoms with Gasteiger partial charge in [-0.2, -0.15) is 5.26 Å². The second kappa shape index (κ2) is 6.26. The van der Waals surface area contributed by atoms with Gasteiger partial charge in [0.25, 0.3) is 0 Å². The highest BCUT2D eigenvalue weighted by atomic mass is 32.2. The largest absolute Gasteiger partial charge is 0.272 e. The Morgan fingerprint density at radius 3 is 2.82 bits per heavy atom. The van der Waals surface area contributed by atoms with E-state index in [-0.39, 0.29) is 11.9 Å². The number of nitrogens with one attached hydrogen (secondary N) is 1. The molecule has 0 aliphatic carbocycles. The summed E-state index contributed by atoms with van der Waals surface area (Å²) in [5.41, 5.74) is 1.41. The minimum Gasteiger partial charge on any atom is -0.272 e. The minimum absolute atomic E-state index is 0.187. The standard InChI is InChI=1S/C12H14FN3S/c1-8-4-5-10(6-11(8)13)9(2)16-12(17-3)15-7-14/h4-6,9H,1-3H3,(H,15,16). The average molecular weight is 251 g/mol. The fraction of sp³-hybridized carbons (Fsp3) is 0.333. The van der Waals surface area contributed by atoms with Crippen LogP contribution in [0.3, 0.4) is 0 Å². The molecule has 1 atom stereocenters. The molecule has 1 rings (SSSR count). The zero-order valence-corrected chi connectivity index (χ0v) is 10.8. The predicted octanol–water partition coefficient (Wildman–Crippen LogP) is 2.98. The van der Waals surface area contributed by atoms with Crippen LogP contribution >= 0.6 is 11.8 Å². The van der Waals surface area contributed by atoms with E-state index in [1.54, 1.807) is 13.0 Å². The normalized spacial score (nSPS) is 13.0. The van der Waals surface area contributed by atoms with Crippen molar-refractivity contribution in [3.63, 3.8) is 0 Å². The van der Waals surface area contributed by atoms with E-state index in [1.807, 2.05) is 25.4 Å². The van der Waals surface area contributed by atoms with Crippen molar-refractivity contribution < 1.29 is 4.39 Å². The molecule has 3 nitrogen and oxygen atoms in total. The summed E-state index contributed by atoms with van der Waals surface area (Å²) in [6.07, 6.45) is 3.65. The SMILES string of the molecule is CSC(=NC(C)c1ccc(C)c(F)c1)NC#N. The molecule has 5 heteroatoms. The van der Waals surface area contributed by atoms with E-state index in [0.717, 1.165) is 5.56 Å². The van der Waals surface area contributed by atoms with E-state index in [1.165, 1.54) is 17.8 Å². The third kappa shape index (κ3) is 3.75. The summed E-state index contributed by atoms with van der Waals surface area (Å²) in [5, 5.41) is 11.5. The molecule has 0 aromatic heterocycles. The third-order valence-corrected chi connectivity index (χ3v) is 2.94. The second-order valence-electron chi connectivity index (χ2n) is 3.56. The highest BCUT2D eigenvalue weighted by molar-refractivity contribution is 8.13. The van der Waals surface area contributed by atoms with E-state index in [2.05, 4.69) is 10.3 Å². The maximum atomic E-state index is 13.4. The number of aryl methyl sites for hydroxylation is 1. The number of hydrogen-bond acceptors (Lipinski definition) is 3. The van der Waals surface area contributed by atoms with Crippen LogP contribution in [0.1, 0.15) is 24.1 Å². The number of thioether (sulfide) groups is 1. The first-order valence-corrected chi connectivity index (χ1v) is 6.34. The Bertz CT molecular complexity index is 465. The molecule has 0 saturated carbocycles. The van der Waals surface area contributed by atoms with Crippen molar-refractivity contribution in [1.29, 1.82) is 5.26 Å². The Hall–Kier alpha value is -1.54. The summed E-state index contributed by atoms with van der Waals surface area (Å²) in [7, 11) is 0. The van der Waals surface area contributed by atoms with Gasteiger partial charge in [-0.15, -0.1) is 0 Å². The van der Waals surface area contributed by atoms with Crippen molar-refractivity contribution in [2.24, 2.45) is 4.99 Å². The van der Waals surface area contributed by atoms with Crippen molar-refractivity contribution >= 4 is 16.9 Å². The number of nitrogens with zero attached hydrogens (tertiary/aromatic N) is 2. The molecule has 1 unspecified atom stereocenters. The highest BCUT2D eigenvalue weighted by Crippen LogP contribution is 2.20. The van der Waals surface area contributed by atoms with Gasteiger partial charge in [0.05, 0.1) is 6.04 Å². The second-order valence-corrected chi connectivity index (χ2v) is 4.35. The number of hydrogen-bond donors (Lipinski definition) is 1. The molecule has 0 aliphatic rings. The molecule has 1 aromatic rings. The highest BCUT2D eigenvalue weighted by Gasteiger charge is 2.07. The van der Waals surface area contributed by atoms with Crippen molar-refractivity contribution in [3.05, 3.63) is 35.1 Å². The first-order valence-electron chi connectivity index (χ1n) is 5.11. The van der Waals surface area contributed by atoms with Gasteiger partial charge in [-0.25, -0.2) is 4.39 Å². The first-order chi connectivity index (χ1) is 8.08. The Morgan fingerprint density at radius 1 is 1.59 bits per heavy atom. The third-order valence-electron chi connectivity index (χ3n) is 2.35. The van der Waals surface area contributed by atoms with Crippen LogP contribution in [-0.2, 0) is 0 Å². The summed E-state index contributed by atoms with van der Waals surface area (Å²) >= 11 is 1.35. The molecule has 0 bridgehead atoms. The molecule has 1 N–H and O–H groups in total. The van der Waals surface area contributed by atoms with Gasteiger partial charge in [-0.05, 0) is 37.3 Å². The van der Waals surface area contributed by atoms with Crippen LogP contribution in [-0.4, -0.2) is 11.4 Å². The lowest BCUT2D eigenvalue weighted by Crippen LogP contribution is -2.14. The topological polar surface area (TPSA) is 48.2 Å². The number of rotatable bonds is 2. The van der Waals surface area contributed by atoms with Crippen LogP contribution in [0.15, 0.2) is 23.2 Å².